The van der Waals surface area contributed by atoms with Crippen LogP contribution in [0.4, 0.5) is 0 Å². The zero-order valence-electron chi connectivity index (χ0n) is 10.0. The molecule has 0 N–H and O–H groups in total. The average molecular weight is 216 g/mol. The Morgan fingerprint density at radius 3 is 1.93 bits per heavy atom. The molecule has 0 radical (unpaired) electrons. The minimum atomic E-state index is -0.912. The van der Waals surface area contributed by atoms with Crippen LogP contribution in [0.2, 0.25) is 24.7 Å². The summed E-state index contributed by atoms with van der Waals surface area (Å²) in [5, 5.41) is 0.808. The summed E-state index contributed by atoms with van der Waals surface area (Å²) in [6, 6.07) is 11.2. The third kappa shape index (κ3) is 1.07. The Morgan fingerprint density at radius 1 is 0.933 bits per heavy atom. The van der Waals surface area contributed by atoms with Crippen molar-refractivity contribution < 1.29 is 0 Å². The Bertz CT molecular complexity index is 366. The average Bonchev–Trinajstić information content (AvgIpc) is 1.98. The highest BCUT2D eigenvalue weighted by molar-refractivity contribution is 6.80. The Balaban J connectivity index is 1.82. The van der Waals surface area contributed by atoms with Gasteiger partial charge in [0, 0.05) is 0 Å². The third-order valence-corrected chi connectivity index (χ3v) is 8.72. The summed E-state index contributed by atoms with van der Waals surface area (Å²) in [4.78, 5) is 0. The molecule has 0 nitrogen and oxygen atoms in total. The van der Waals surface area contributed by atoms with Gasteiger partial charge in [-0.25, -0.2) is 0 Å². The summed E-state index contributed by atoms with van der Waals surface area (Å²) in [6.07, 6.45) is 4.46. The smallest absolute Gasteiger partial charge is 0.0506 e. The van der Waals surface area contributed by atoms with E-state index in [2.05, 4.69) is 50.0 Å². The lowest BCUT2D eigenvalue weighted by Crippen LogP contribution is -2.68. The third-order valence-electron chi connectivity index (χ3n) is 5.01. The molecule has 0 saturated heterocycles. The normalized spacial score (nSPS) is 38.1. The summed E-state index contributed by atoms with van der Waals surface area (Å²) in [6.45, 7) is 7.63. The highest BCUT2D eigenvalue weighted by Crippen LogP contribution is 2.81. The first-order valence-corrected chi connectivity index (χ1v) is 9.53. The number of hydrogen-bond acceptors (Lipinski definition) is 0. The molecule has 0 atom stereocenters. The minimum Gasteiger partial charge on any atom is -0.0691 e. The number of rotatable bonds is 2. The van der Waals surface area contributed by atoms with Crippen LogP contribution < -0.4 is 0 Å². The Kier molecular flexibility index (Phi) is 1.65. The Morgan fingerprint density at radius 2 is 1.47 bits per heavy atom. The van der Waals surface area contributed by atoms with Crippen molar-refractivity contribution in [2.75, 3.05) is 0 Å². The van der Waals surface area contributed by atoms with Crippen molar-refractivity contribution in [1.29, 1.82) is 0 Å². The van der Waals surface area contributed by atoms with E-state index in [0.29, 0.717) is 5.41 Å². The van der Waals surface area contributed by atoms with E-state index < -0.39 is 8.07 Å². The van der Waals surface area contributed by atoms with E-state index in [1.165, 1.54) is 19.3 Å². The molecule has 1 aromatic rings. The van der Waals surface area contributed by atoms with Gasteiger partial charge in [0.1, 0.15) is 0 Å². The molecule has 1 aromatic carbocycles. The molecule has 0 aromatic heterocycles. The summed E-state index contributed by atoms with van der Waals surface area (Å²) < 4.78 is 0. The first-order chi connectivity index (χ1) is 6.98. The van der Waals surface area contributed by atoms with Gasteiger partial charge in [0.15, 0.2) is 0 Å². The fourth-order valence-corrected chi connectivity index (χ4v) is 6.29. The molecule has 80 valence electrons. The maximum Gasteiger partial charge on any atom is 0.0506 e. The second kappa shape index (κ2) is 2.57. The molecule has 3 saturated carbocycles. The SMILES string of the molecule is C[Si](C)(C)C12CC(c3ccccc3)(C1)C2. The van der Waals surface area contributed by atoms with Gasteiger partial charge in [-0.15, -0.1) is 0 Å². The van der Waals surface area contributed by atoms with E-state index >= 15 is 0 Å². The van der Waals surface area contributed by atoms with E-state index in [1.54, 1.807) is 5.56 Å². The molecule has 0 aliphatic heterocycles. The van der Waals surface area contributed by atoms with E-state index in [9.17, 15) is 0 Å². The van der Waals surface area contributed by atoms with Gasteiger partial charge in [-0.1, -0.05) is 50.0 Å². The van der Waals surface area contributed by atoms with Gasteiger partial charge in [-0.05, 0) is 35.3 Å². The van der Waals surface area contributed by atoms with E-state index in [-0.39, 0.29) is 0 Å². The standard InChI is InChI=1S/C14H20Si/c1-15(2,3)14-9-13(10-14,11-14)12-7-5-4-6-8-12/h4-8H,9-11H2,1-3H3. The molecular weight excluding hydrogens is 196 g/mol. The molecular formula is C14H20Si. The van der Waals surface area contributed by atoms with Crippen LogP contribution in [0.5, 0.6) is 0 Å². The van der Waals surface area contributed by atoms with Gasteiger partial charge >= 0.3 is 0 Å². The van der Waals surface area contributed by atoms with Crippen molar-refractivity contribution in [3.8, 4) is 0 Å². The maximum absolute atomic E-state index is 2.54. The van der Waals surface area contributed by atoms with Crippen LogP contribution in [-0.2, 0) is 5.41 Å². The highest BCUT2D eigenvalue weighted by atomic mass is 28.3. The van der Waals surface area contributed by atoms with Crippen molar-refractivity contribution in [3.63, 3.8) is 0 Å². The summed E-state index contributed by atoms with van der Waals surface area (Å²) in [5.74, 6) is 0. The molecule has 4 rings (SSSR count). The minimum absolute atomic E-state index is 0.613. The van der Waals surface area contributed by atoms with Gasteiger partial charge in [-0.3, -0.25) is 0 Å². The zero-order valence-corrected chi connectivity index (χ0v) is 11.0. The van der Waals surface area contributed by atoms with Gasteiger partial charge in [0.25, 0.3) is 0 Å². The van der Waals surface area contributed by atoms with E-state index in [4.69, 9.17) is 0 Å². The molecule has 1 heteroatoms. The van der Waals surface area contributed by atoms with Gasteiger partial charge in [0.2, 0.25) is 0 Å². The topological polar surface area (TPSA) is 0 Å². The lowest BCUT2D eigenvalue weighted by atomic mass is 9.41. The largest absolute Gasteiger partial charge is 0.0691 e. The molecule has 0 spiro atoms. The van der Waals surface area contributed by atoms with Gasteiger partial charge < -0.3 is 0 Å². The second-order valence-corrected chi connectivity index (χ2v) is 12.3. The van der Waals surface area contributed by atoms with Crippen LogP contribution in [-0.4, -0.2) is 8.07 Å². The molecule has 0 heterocycles. The maximum atomic E-state index is 2.54. The molecule has 0 amide bonds. The molecule has 3 aliphatic carbocycles. The van der Waals surface area contributed by atoms with Crippen molar-refractivity contribution in [2.24, 2.45) is 0 Å². The monoisotopic (exact) mass is 216 g/mol. The number of benzene rings is 1. The van der Waals surface area contributed by atoms with Crippen LogP contribution in [0.3, 0.4) is 0 Å². The fourth-order valence-electron chi connectivity index (χ4n) is 3.68. The van der Waals surface area contributed by atoms with Crippen LogP contribution in [0.1, 0.15) is 24.8 Å². The summed E-state index contributed by atoms with van der Waals surface area (Å²) in [5.41, 5.74) is 2.21. The predicted molar refractivity (Wildman–Crippen MR) is 68.0 cm³/mol. The molecule has 2 bridgehead atoms. The van der Waals surface area contributed by atoms with E-state index in [0.717, 1.165) is 5.04 Å². The lowest BCUT2D eigenvalue weighted by molar-refractivity contribution is -0.0168. The van der Waals surface area contributed by atoms with Gasteiger partial charge in [0.05, 0.1) is 8.07 Å². The van der Waals surface area contributed by atoms with Crippen molar-refractivity contribution in [1.82, 2.24) is 0 Å². The lowest BCUT2D eigenvalue weighted by Gasteiger charge is -2.75. The molecule has 15 heavy (non-hydrogen) atoms. The Hall–Kier alpha value is -0.563. The Labute approximate surface area is 93.7 Å². The fraction of sp³-hybridized carbons (Fsp3) is 0.571. The van der Waals surface area contributed by atoms with Crippen LogP contribution in [0.15, 0.2) is 30.3 Å². The second-order valence-electron chi connectivity index (χ2n) is 6.71. The quantitative estimate of drug-likeness (QED) is 0.650. The predicted octanol–water partition coefficient (Wildman–Crippen LogP) is 4.20. The first kappa shape index (κ1) is 9.65. The van der Waals surface area contributed by atoms with Crippen molar-refractivity contribution >= 4 is 8.07 Å². The van der Waals surface area contributed by atoms with Crippen molar-refractivity contribution in [2.45, 2.75) is 49.4 Å². The first-order valence-electron chi connectivity index (χ1n) is 6.03. The van der Waals surface area contributed by atoms with Crippen molar-refractivity contribution in [3.05, 3.63) is 35.9 Å². The molecule has 3 aliphatic rings. The van der Waals surface area contributed by atoms with Crippen LogP contribution >= 0.6 is 0 Å². The highest BCUT2D eigenvalue weighted by Gasteiger charge is 2.72. The molecule has 3 fully saturated rings. The summed E-state index contributed by atoms with van der Waals surface area (Å²) >= 11 is 0. The van der Waals surface area contributed by atoms with Crippen LogP contribution in [0.25, 0.3) is 0 Å². The van der Waals surface area contributed by atoms with Gasteiger partial charge in [-0.2, -0.15) is 0 Å². The summed E-state index contributed by atoms with van der Waals surface area (Å²) in [7, 11) is -0.912. The van der Waals surface area contributed by atoms with E-state index in [1.807, 2.05) is 0 Å². The number of hydrogen-bond donors (Lipinski definition) is 0. The zero-order chi connectivity index (χ0) is 10.7. The molecule has 0 unspecified atom stereocenters. The van der Waals surface area contributed by atoms with Crippen LogP contribution in [0, 0.1) is 0 Å².